The number of aryl methyl sites for hydroxylation is 1. The smallest absolute Gasteiger partial charge is 0.270 e. The summed E-state index contributed by atoms with van der Waals surface area (Å²) in [6, 6.07) is 12.7. The predicted octanol–water partition coefficient (Wildman–Crippen LogP) is 2.37. The molecule has 2 rings (SSSR count). The molecule has 2 aromatic carbocycles. The van der Waals surface area contributed by atoms with Crippen molar-refractivity contribution in [3.05, 3.63) is 75.3 Å². The largest absolute Gasteiger partial charge is 0.394 e. The molecule has 0 bridgehead atoms. The van der Waals surface area contributed by atoms with Gasteiger partial charge in [-0.2, -0.15) is 0 Å². The highest BCUT2D eigenvalue weighted by Crippen LogP contribution is 2.18. The first-order chi connectivity index (χ1) is 10.5. The third kappa shape index (κ3) is 3.67. The highest BCUT2D eigenvalue weighted by atomic mass is 16.6. The molecule has 114 valence electrons. The van der Waals surface area contributed by atoms with Gasteiger partial charge in [0.1, 0.15) is 0 Å². The van der Waals surface area contributed by atoms with Crippen molar-refractivity contribution in [3.63, 3.8) is 0 Å². The number of nitrogens with zero attached hydrogens (tertiary/aromatic N) is 1. The number of amides is 1. The lowest BCUT2D eigenvalue weighted by Gasteiger charge is -2.16. The first kappa shape index (κ1) is 15.7. The molecule has 22 heavy (non-hydrogen) atoms. The van der Waals surface area contributed by atoms with Crippen molar-refractivity contribution in [2.24, 2.45) is 0 Å². The summed E-state index contributed by atoms with van der Waals surface area (Å²) in [4.78, 5) is 22.6. The van der Waals surface area contributed by atoms with Crippen LogP contribution in [0.3, 0.4) is 0 Å². The number of rotatable bonds is 5. The first-order valence-corrected chi connectivity index (χ1v) is 6.74. The number of aliphatic hydroxyl groups excluding tert-OH is 1. The maximum atomic E-state index is 12.3. The minimum atomic E-state index is -0.562. The molecule has 0 spiro atoms. The van der Waals surface area contributed by atoms with Crippen LogP contribution >= 0.6 is 0 Å². The number of nitrogens with one attached hydrogen (secondary N) is 1. The summed E-state index contributed by atoms with van der Waals surface area (Å²) in [6.45, 7) is 1.42. The van der Waals surface area contributed by atoms with Crippen LogP contribution in [0, 0.1) is 17.0 Å². The van der Waals surface area contributed by atoms with Gasteiger partial charge in [-0.15, -0.1) is 0 Å². The summed E-state index contributed by atoms with van der Waals surface area (Å²) >= 11 is 0. The molecule has 0 aromatic heterocycles. The summed E-state index contributed by atoms with van der Waals surface area (Å²) in [5.74, 6) is -0.463. The van der Waals surface area contributed by atoms with Crippen molar-refractivity contribution >= 4 is 11.6 Å². The molecule has 1 unspecified atom stereocenters. The number of non-ortho nitro benzene ring substituents is 1. The van der Waals surface area contributed by atoms with Gasteiger partial charge in [0.25, 0.3) is 11.6 Å². The van der Waals surface area contributed by atoms with Gasteiger partial charge in [-0.05, 0) is 24.1 Å². The lowest BCUT2D eigenvalue weighted by molar-refractivity contribution is -0.384. The summed E-state index contributed by atoms with van der Waals surface area (Å²) in [7, 11) is 0. The molecule has 0 saturated carbocycles. The summed E-state index contributed by atoms with van der Waals surface area (Å²) in [5.41, 5.74) is 1.45. The number of aliphatic hydroxyl groups is 1. The fourth-order valence-electron chi connectivity index (χ4n) is 2.16. The molecule has 6 nitrogen and oxygen atoms in total. The Morgan fingerprint density at radius 3 is 2.55 bits per heavy atom. The third-order valence-electron chi connectivity index (χ3n) is 3.22. The van der Waals surface area contributed by atoms with E-state index >= 15 is 0 Å². The van der Waals surface area contributed by atoms with Crippen LogP contribution in [0.4, 0.5) is 5.69 Å². The monoisotopic (exact) mass is 300 g/mol. The predicted molar refractivity (Wildman–Crippen MR) is 81.6 cm³/mol. The zero-order valence-electron chi connectivity index (χ0n) is 12.0. The Kier molecular flexibility index (Phi) is 4.85. The first-order valence-electron chi connectivity index (χ1n) is 6.74. The third-order valence-corrected chi connectivity index (χ3v) is 3.22. The molecule has 6 heteroatoms. The van der Waals surface area contributed by atoms with Gasteiger partial charge in [0, 0.05) is 17.7 Å². The zero-order chi connectivity index (χ0) is 16.1. The Morgan fingerprint density at radius 1 is 1.27 bits per heavy atom. The molecule has 0 aliphatic rings. The van der Waals surface area contributed by atoms with E-state index in [9.17, 15) is 20.0 Å². The van der Waals surface area contributed by atoms with Crippen molar-refractivity contribution in [1.82, 2.24) is 5.32 Å². The maximum absolute atomic E-state index is 12.3. The van der Waals surface area contributed by atoms with E-state index in [1.54, 1.807) is 25.1 Å². The van der Waals surface area contributed by atoms with Crippen molar-refractivity contribution in [2.75, 3.05) is 6.61 Å². The number of carbonyl (C=O) groups is 1. The molecule has 2 aromatic rings. The van der Waals surface area contributed by atoms with Crippen LogP contribution in [0.5, 0.6) is 0 Å². The van der Waals surface area contributed by atoms with Crippen LogP contribution in [-0.4, -0.2) is 22.5 Å². The summed E-state index contributed by atoms with van der Waals surface area (Å²) in [5, 5.41) is 23.0. The van der Waals surface area contributed by atoms with Crippen molar-refractivity contribution in [2.45, 2.75) is 13.0 Å². The molecule has 1 atom stereocenters. The van der Waals surface area contributed by atoms with Crippen LogP contribution in [0.2, 0.25) is 0 Å². The minimum absolute atomic E-state index is 0.134. The van der Waals surface area contributed by atoms with Crippen LogP contribution < -0.4 is 5.32 Å². The normalized spacial score (nSPS) is 11.7. The molecule has 0 fully saturated rings. The SMILES string of the molecule is Cc1cc(C(=O)NC(CO)c2ccccc2)cc([N+](=O)[O-])c1. The molecule has 2 N–H and O–H groups in total. The number of benzene rings is 2. The van der Waals surface area contributed by atoms with Gasteiger partial charge < -0.3 is 10.4 Å². The second-order valence-electron chi connectivity index (χ2n) is 4.93. The molecule has 0 radical (unpaired) electrons. The van der Waals surface area contributed by atoms with Gasteiger partial charge in [0.05, 0.1) is 17.6 Å². The summed E-state index contributed by atoms with van der Waals surface area (Å²) in [6.07, 6.45) is 0. The van der Waals surface area contributed by atoms with E-state index in [-0.39, 0.29) is 17.9 Å². The Bertz CT molecular complexity index is 686. The van der Waals surface area contributed by atoms with Gasteiger partial charge in [0.2, 0.25) is 0 Å². The van der Waals surface area contributed by atoms with Gasteiger partial charge in [-0.1, -0.05) is 30.3 Å². The number of nitro groups is 1. The fraction of sp³-hybridized carbons (Fsp3) is 0.188. The van der Waals surface area contributed by atoms with Gasteiger partial charge >= 0.3 is 0 Å². The standard InChI is InChI=1S/C16H16N2O4/c1-11-7-13(9-14(8-11)18(21)22)16(20)17-15(10-19)12-5-3-2-4-6-12/h2-9,15,19H,10H2,1H3,(H,17,20). The average molecular weight is 300 g/mol. The van der Waals surface area contributed by atoms with Crippen LogP contribution in [0.25, 0.3) is 0 Å². The minimum Gasteiger partial charge on any atom is -0.394 e. The summed E-state index contributed by atoms with van der Waals surface area (Å²) < 4.78 is 0. The second kappa shape index (κ2) is 6.82. The van der Waals surface area contributed by atoms with Crippen molar-refractivity contribution in [3.8, 4) is 0 Å². The topological polar surface area (TPSA) is 92.5 Å². The van der Waals surface area contributed by atoms with Crippen molar-refractivity contribution < 1.29 is 14.8 Å². The van der Waals surface area contributed by atoms with Gasteiger partial charge in [-0.3, -0.25) is 14.9 Å². The van der Waals surface area contributed by atoms with Crippen LogP contribution in [0.15, 0.2) is 48.5 Å². The second-order valence-corrected chi connectivity index (χ2v) is 4.93. The van der Waals surface area contributed by atoms with Crippen molar-refractivity contribution in [1.29, 1.82) is 0 Å². The van der Waals surface area contributed by atoms with E-state index in [0.29, 0.717) is 5.56 Å². The number of nitro benzene ring substituents is 1. The quantitative estimate of drug-likeness (QED) is 0.655. The molecule has 0 aliphatic heterocycles. The Labute approximate surface area is 127 Å². The van der Waals surface area contributed by atoms with E-state index in [4.69, 9.17) is 0 Å². The molecule has 0 heterocycles. The maximum Gasteiger partial charge on any atom is 0.270 e. The highest BCUT2D eigenvalue weighted by Gasteiger charge is 2.17. The van der Waals surface area contributed by atoms with Gasteiger partial charge in [0.15, 0.2) is 0 Å². The van der Waals surface area contributed by atoms with E-state index < -0.39 is 16.9 Å². The van der Waals surface area contributed by atoms with E-state index in [1.165, 1.54) is 12.1 Å². The van der Waals surface area contributed by atoms with E-state index in [0.717, 1.165) is 5.56 Å². The lowest BCUT2D eigenvalue weighted by Crippen LogP contribution is -2.30. The highest BCUT2D eigenvalue weighted by molar-refractivity contribution is 5.95. The number of hydrogen-bond acceptors (Lipinski definition) is 4. The molecule has 0 saturated heterocycles. The molecule has 0 aliphatic carbocycles. The zero-order valence-corrected chi connectivity index (χ0v) is 12.0. The Hall–Kier alpha value is -2.73. The Morgan fingerprint density at radius 2 is 1.95 bits per heavy atom. The fourth-order valence-corrected chi connectivity index (χ4v) is 2.16. The lowest BCUT2D eigenvalue weighted by atomic mass is 10.1. The Balaban J connectivity index is 2.23. The molecule has 1 amide bonds. The van der Waals surface area contributed by atoms with Crippen LogP contribution in [-0.2, 0) is 0 Å². The van der Waals surface area contributed by atoms with Crippen LogP contribution in [0.1, 0.15) is 27.5 Å². The number of hydrogen-bond donors (Lipinski definition) is 2. The van der Waals surface area contributed by atoms with E-state index in [1.807, 2.05) is 18.2 Å². The molecular weight excluding hydrogens is 284 g/mol. The number of carbonyl (C=O) groups excluding carboxylic acids is 1. The molecular formula is C16H16N2O4. The van der Waals surface area contributed by atoms with E-state index in [2.05, 4.69) is 5.32 Å². The average Bonchev–Trinajstić information content (AvgIpc) is 2.52. The van der Waals surface area contributed by atoms with Gasteiger partial charge in [-0.25, -0.2) is 0 Å².